The highest BCUT2D eigenvalue weighted by Gasteiger charge is 2.67. The Morgan fingerprint density at radius 1 is 1.04 bits per heavy atom. The van der Waals surface area contributed by atoms with Gasteiger partial charge in [0, 0.05) is 23.2 Å². The molecule has 4 heteroatoms. The monoisotopic (exact) mass is 358 g/mol. The van der Waals surface area contributed by atoms with E-state index in [1.165, 1.54) is 18.5 Å². The third-order valence-electron chi connectivity index (χ3n) is 9.72. The zero-order valence-corrected chi connectivity index (χ0v) is 16.2. The first-order chi connectivity index (χ1) is 12.4. The van der Waals surface area contributed by atoms with E-state index in [-0.39, 0.29) is 11.5 Å². The Hall–Kier alpha value is -0.870. The number of rotatable bonds is 1. The first kappa shape index (κ1) is 17.2. The van der Waals surface area contributed by atoms with Gasteiger partial charge in [0.15, 0.2) is 0 Å². The van der Waals surface area contributed by atoms with Crippen LogP contribution in [0, 0.1) is 28.6 Å². The molecule has 1 heterocycles. The number of H-pyrrole nitrogens is 1. The molecule has 0 amide bonds. The van der Waals surface area contributed by atoms with Gasteiger partial charge in [0.2, 0.25) is 0 Å². The maximum Gasteiger partial charge on any atom is 0.0921 e. The molecule has 8 atom stereocenters. The fourth-order valence-electron chi connectivity index (χ4n) is 8.16. The fourth-order valence-corrected chi connectivity index (χ4v) is 8.16. The lowest BCUT2D eigenvalue weighted by Gasteiger charge is -2.63. The summed E-state index contributed by atoms with van der Waals surface area (Å²) in [6, 6.07) is 0. The third-order valence-corrected chi connectivity index (χ3v) is 9.72. The number of aromatic nitrogens is 2. The Kier molecular flexibility index (Phi) is 3.70. The summed E-state index contributed by atoms with van der Waals surface area (Å²) in [4.78, 5) is 7.59. The number of nitrogens with one attached hydrogen (secondary N) is 1. The van der Waals surface area contributed by atoms with E-state index < -0.39 is 5.60 Å². The maximum absolute atomic E-state index is 12.1. The van der Waals surface area contributed by atoms with Crippen molar-refractivity contribution in [2.45, 2.75) is 89.3 Å². The fraction of sp³-hybridized carbons (Fsp3) is 0.864. The Morgan fingerprint density at radius 2 is 1.88 bits per heavy atom. The van der Waals surface area contributed by atoms with E-state index >= 15 is 0 Å². The van der Waals surface area contributed by atoms with E-state index in [4.69, 9.17) is 0 Å². The van der Waals surface area contributed by atoms with Gasteiger partial charge in [-0.1, -0.05) is 13.8 Å². The molecule has 3 N–H and O–H groups in total. The van der Waals surface area contributed by atoms with Crippen molar-refractivity contribution >= 4 is 0 Å². The molecule has 4 saturated carbocycles. The normalized spacial score (nSPS) is 53.6. The standard InChI is InChI=1S/C22H34N2O2/c1-20-8-5-15(25)11-14(20)3-4-17-16(20)6-9-21(2)18(7-10-22(17,21)26)19-12-23-13-24-19/h12-18,25-26H,3-11H2,1-2H3,(H,23,24)/t14-,15+,16?,17?,18-,20+,21-,22+/m1/s1. The molecule has 0 saturated heterocycles. The van der Waals surface area contributed by atoms with Gasteiger partial charge in [-0.25, -0.2) is 4.98 Å². The lowest BCUT2D eigenvalue weighted by Crippen LogP contribution is -2.62. The van der Waals surface area contributed by atoms with Crippen LogP contribution in [0.4, 0.5) is 0 Å². The van der Waals surface area contributed by atoms with Gasteiger partial charge in [-0.3, -0.25) is 0 Å². The lowest BCUT2D eigenvalue weighted by atomic mass is 9.43. The van der Waals surface area contributed by atoms with E-state index in [2.05, 4.69) is 23.8 Å². The molecular weight excluding hydrogens is 324 g/mol. The molecule has 4 fully saturated rings. The average molecular weight is 359 g/mol. The van der Waals surface area contributed by atoms with Crippen molar-refractivity contribution in [2.24, 2.45) is 28.6 Å². The highest BCUT2D eigenvalue weighted by molar-refractivity contribution is 5.24. The van der Waals surface area contributed by atoms with Gasteiger partial charge in [-0.2, -0.15) is 0 Å². The molecule has 0 radical (unpaired) electrons. The Morgan fingerprint density at radius 3 is 2.65 bits per heavy atom. The molecule has 2 unspecified atom stereocenters. The van der Waals surface area contributed by atoms with E-state index in [1.54, 1.807) is 6.33 Å². The number of imidazole rings is 1. The number of aromatic amines is 1. The van der Waals surface area contributed by atoms with Crippen molar-refractivity contribution in [2.75, 3.05) is 0 Å². The van der Waals surface area contributed by atoms with Gasteiger partial charge >= 0.3 is 0 Å². The first-order valence-corrected chi connectivity index (χ1v) is 10.8. The molecule has 0 aliphatic heterocycles. The summed E-state index contributed by atoms with van der Waals surface area (Å²) in [6.07, 6.45) is 13.4. The van der Waals surface area contributed by atoms with Crippen LogP contribution in [-0.4, -0.2) is 31.9 Å². The van der Waals surface area contributed by atoms with Crippen LogP contribution < -0.4 is 0 Å². The van der Waals surface area contributed by atoms with Crippen molar-refractivity contribution in [1.82, 2.24) is 9.97 Å². The number of aliphatic hydroxyl groups excluding tert-OH is 1. The van der Waals surface area contributed by atoms with Crippen molar-refractivity contribution in [3.63, 3.8) is 0 Å². The number of hydrogen-bond donors (Lipinski definition) is 3. The van der Waals surface area contributed by atoms with Crippen LogP contribution in [0.1, 0.15) is 83.2 Å². The molecule has 0 aromatic carbocycles. The average Bonchev–Trinajstić information content (AvgIpc) is 3.21. The van der Waals surface area contributed by atoms with E-state index in [1.807, 2.05) is 6.20 Å². The SMILES string of the molecule is C[C@]12CC[C@H](O)C[C@H]1CCC1C2CC[C@]2(C)[C@@H](c3cnc[nH]3)CC[C@]12O. The van der Waals surface area contributed by atoms with Gasteiger partial charge in [-0.05, 0) is 81.0 Å². The minimum absolute atomic E-state index is 0.0436. The molecule has 0 spiro atoms. The Balaban J connectivity index is 1.49. The van der Waals surface area contributed by atoms with Gasteiger partial charge in [-0.15, -0.1) is 0 Å². The molecule has 1 aromatic heterocycles. The molecular formula is C22H34N2O2. The predicted octanol–water partition coefficient (Wildman–Crippen LogP) is 4.01. The van der Waals surface area contributed by atoms with Crippen LogP contribution >= 0.6 is 0 Å². The molecule has 4 aliphatic carbocycles. The third kappa shape index (κ3) is 2.06. The van der Waals surface area contributed by atoms with Crippen LogP contribution in [0.25, 0.3) is 0 Å². The van der Waals surface area contributed by atoms with Crippen LogP contribution in [0.5, 0.6) is 0 Å². The Labute approximate surface area is 156 Å². The zero-order chi connectivity index (χ0) is 18.2. The molecule has 5 rings (SSSR count). The highest BCUT2D eigenvalue weighted by atomic mass is 16.3. The lowest BCUT2D eigenvalue weighted by molar-refractivity contribution is -0.205. The maximum atomic E-state index is 12.1. The van der Waals surface area contributed by atoms with Crippen molar-refractivity contribution in [3.8, 4) is 0 Å². The number of fused-ring (bicyclic) bond motifs is 5. The highest BCUT2D eigenvalue weighted by Crippen LogP contribution is 2.70. The first-order valence-electron chi connectivity index (χ1n) is 10.8. The second kappa shape index (κ2) is 5.57. The van der Waals surface area contributed by atoms with Gasteiger partial charge < -0.3 is 15.2 Å². The van der Waals surface area contributed by atoms with E-state index in [0.29, 0.717) is 29.1 Å². The molecule has 26 heavy (non-hydrogen) atoms. The summed E-state index contributed by atoms with van der Waals surface area (Å²) in [5.74, 6) is 2.08. The second-order valence-electron chi connectivity index (χ2n) is 10.4. The Bertz CT molecular complexity index is 676. The predicted molar refractivity (Wildman–Crippen MR) is 101 cm³/mol. The summed E-state index contributed by atoms with van der Waals surface area (Å²) in [5, 5.41) is 22.3. The number of aliphatic hydroxyl groups is 2. The molecule has 4 aliphatic rings. The zero-order valence-electron chi connectivity index (χ0n) is 16.2. The summed E-state index contributed by atoms with van der Waals surface area (Å²) < 4.78 is 0. The molecule has 1 aromatic rings. The molecule has 144 valence electrons. The van der Waals surface area contributed by atoms with Crippen LogP contribution in [0.15, 0.2) is 12.5 Å². The second-order valence-corrected chi connectivity index (χ2v) is 10.4. The smallest absolute Gasteiger partial charge is 0.0921 e. The van der Waals surface area contributed by atoms with Crippen molar-refractivity contribution < 1.29 is 10.2 Å². The molecule has 4 nitrogen and oxygen atoms in total. The topological polar surface area (TPSA) is 69.1 Å². The quantitative estimate of drug-likeness (QED) is 0.710. The van der Waals surface area contributed by atoms with Gasteiger partial charge in [0.05, 0.1) is 18.0 Å². The summed E-state index contributed by atoms with van der Waals surface area (Å²) in [6.45, 7) is 4.83. The largest absolute Gasteiger partial charge is 0.393 e. The van der Waals surface area contributed by atoms with E-state index in [9.17, 15) is 10.2 Å². The number of nitrogens with zero attached hydrogens (tertiary/aromatic N) is 1. The van der Waals surface area contributed by atoms with E-state index in [0.717, 1.165) is 44.9 Å². The molecule has 0 bridgehead atoms. The minimum Gasteiger partial charge on any atom is -0.393 e. The number of hydrogen-bond acceptors (Lipinski definition) is 3. The summed E-state index contributed by atoms with van der Waals surface area (Å²) in [7, 11) is 0. The van der Waals surface area contributed by atoms with Crippen molar-refractivity contribution in [3.05, 3.63) is 18.2 Å². The van der Waals surface area contributed by atoms with Gasteiger partial charge in [0.25, 0.3) is 0 Å². The van der Waals surface area contributed by atoms with Crippen LogP contribution in [0.3, 0.4) is 0 Å². The summed E-state index contributed by atoms with van der Waals surface area (Å²) in [5.41, 5.74) is 0.932. The minimum atomic E-state index is -0.546. The van der Waals surface area contributed by atoms with Crippen LogP contribution in [0.2, 0.25) is 0 Å². The van der Waals surface area contributed by atoms with Gasteiger partial charge in [0.1, 0.15) is 0 Å². The van der Waals surface area contributed by atoms with Crippen molar-refractivity contribution in [1.29, 1.82) is 0 Å². The summed E-state index contributed by atoms with van der Waals surface area (Å²) >= 11 is 0. The van der Waals surface area contributed by atoms with Crippen LogP contribution in [-0.2, 0) is 0 Å².